The highest BCUT2D eigenvalue weighted by molar-refractivity contribution is 5.75. The molecular formula is C8H16N2O3. The van der Waals surface area contributed by atoms with Crippen LogP contribution in [-0.2, 0) is 14.4 Å². The van der Waals surface area contributed by atoms with Crippen molar-refractivity contribution in [3.8, 4) is 0 Å². The molecule has 0 radical (unpaired) electrons. The van der Waals surface area contributed by atoms with Gasteiger partial charge in [-0.05, 0) is 6.92 Å². The molecule has 0 fully saturated rings. The minimum atomic E-state index is -0.0655. The molecule has 0 aromatic rings. The number of amides is 1. The predicted octanol–water partition coefficient (Wildman–Crippen LogP) is 0.509. The zero-order valence-electron chi connectivity index (χ0n) is 8.29. The molecule has 0 saturated heterocycles. The van der Waals surface area contributed by atoms with E-state index in [9.17, 15) is 4.79 Å². The first-order valence-electron chi connectivity index (χ1n) is 4.20. The monoisotopic (exact) mass is 188 g/mol. The molecular weight excluding hydrogens is 172 g/mol. The molecule has 76 valence electrons. The average Bonchev–Trinajstić information content (AvgIpc) is 2.12. The van der Waals surface area contributed by atoms with Gasteiger partial charge in [-0.15, -0.1) is 0 Å². The second-order valence-corrected chi connectivity index (χ2v) is 2.30. The standard InChI is InChI=1S/C8H16N2O3/c1-4-12-7(2)10-13-6-5-8(11)9-3/h4-6H2,1-3H3,(H,9,11). The second kappa shape index (κ2) is 7.39. The quantitative estimate of drug-likeness (QED) is 0.296. The predicted molar refractivity (Wildman–Crippen MR) is 49.4 cm³/mol. The molecule has 0 atom stereocenters. The molecule has 1 N–H and O–H groups in total. The fourth-order valence-electron chi connectivity index (χ4n) is 0.635. The largest absolute Gasteiger partial charge is 0.479 e. The van der Waals surface area contributed by atoms with E-state index in [1.165, 1.54) is 0 Å². The zero-order chi connectivity index (χ0) is 10.1. The van der Waals surface area contributed by atoms with E-state index in [-0.39, 0.29) is 12.5 Å². The van der Waals surface area contributed by atoms with E-state index in [4.69, 9.17) is 9.57 Å². The molecule has 0 spiro atoms. The van der Waals surface area contributed by atoms with Crippen LogP contribution >= 0.6 is 0 Å². The summed E-state index contributed by atoms with van der Waals surface area (Å²) in [6.07, 6.45) is 0.305. The molecule has 5 nitrogen and oxygen atoms in total. The lowest BCUT2D eigenvalue weighted by Gasteiger charge is -2.01. The van der Waals surface area contributed by atoms with Crippen molar-refractivity contribution in [3.05, 3.63) is 0 Å². The maximum atomic E-state index is 10.7. The van der Waals surface area contributed by atoms with Crippen molar-refractivity contribution in [2.45, 2.75) is 20.3 Å². The van der Waals surface area contributed by atoms with E-state index < -0.39 is 0 Å². The van der Waals surface area contributed by atoms with Crippen LogP contribution in [0, 0.1) is 0 Å². The highest BCUT2D eigenvalue weighted by atomic mass is 16.6. The summed E-state index contributed by atoms with van der Waals surface area (Å²) >= 11 is 0. The lowest BCUT2D eigenvalue weighted by atomic mass is 10.4. The minimum absolute atomic E-state index is 0.0655. The van der Waals surface area contributed by atoms with E-state index in [1.807, 2.05) is 6.92 Å². The van der Waals surface area contributed by atoms with Gasteiger partial charge in [0.15, 0.2) is 0 Å². The summed E-state index contributed by atoms with van der Waals surface area (Å²) in [4.78, 5) is 15.5. The van der Waals surface area contributed by atoms with Crippen molar-refractivity contribution in [2.24, 2.45) is 5.16 Å². The van der Waals surface area contributed by atoms with E-state index >= 15 is 0 Å². The lowest BCUT2D eigenvalue weighted by molar-refractivity contribution is -0.121. The minimum Gasteiger partial charge on any atom is -0.479 e. The summed E-state index contributed by atoms with van der Waals surface area (Å²) in [5.74, 6) is 0.406. The summed E-state index contributed by atoms with van der Waals surface area (Å²) in [5, 5.41) is 6.11. The first kappa shape index (κ1) is 11.7. The normalized spacial score (nSPS) is 10.8. The third-order valence-corrected chi connectivity index (χ3v) is 1.25. The number of nitrogens with one attached hydrogen (secondary N) is 1. The van der Waals surface area contributed by atoms with Gasteiger partial charge in [0.2, 0.25) is 11.8 Å². The molecule has 0 aliphatic carbocycles. The Bertz CT molecular complexity index is 180. The smallest absolute Gasteiger partial charge is 0.223 e. The SMILES string of the molecule is CCOC(C)=NOCCC(=O)NC. The number of rotatable bonds is 5. The van der Waals surface area contributed by atoms with Crippen LogP contribution in [0.5, 0.6) is 0 Å². The van der Waals surface area contributed by atoms with Crippen LogP contribution in [0.3, 0.4) is 0 Å². The van der Waals surface area contributed by atoms with E-state index in [0.29, 0.717) is 18.9 Å². The summed E-state index contributed by atoms with van der Waals surface area (Å²) in [5.41, 5.74) is 0. The van der Waals surface area contributed by atoms with Crippen LogP contribution in [-0.4, -0.2) is 32.1 Å². The van der Waals surface area contributed by atoms with Gasteiger partial charge in [-0.25, -0.2) is 0 Å². The molecule has 0 aromatic heterocycles. The van der Waals surface area contributed by atoms with Gasteiger partial charge < -0.3 is 14.9 Å². The maximum absolute atomic E-state index is 10.7. The van der Waals surface area contributed by atoms with Crippen LogP contribution in [0.15, 0.2) is 5.16 Å². The third-order valence-electron chi connectivity index (χ3n) is 1.25. The van der Waals surface area contributed by atoms with Gasteiger partial charge in [0.1, 0.15) is 6.61 Å². The van der Waals surface area contributed by atoms with Crippen molar-refractivity contribution in [3.63, 3.8) is 0 Å². The van der Waals surface area contributed by atoms with Crippen LogP contribution in [0.2, 0.25) is 0 Å². The molecule has 0 unspecified atom stereocenters. The fraction of sp³-hybridized carbons (Fsp3) is 0.750. The van der Waals surface area contributed by atoms with E-state index in [2.05, 4.69) is 10.5 Å². The Kier molecular flexibility index (Phi) is 6.68. The lowest BCUT2D eigenvalue weighted by Crippen LogP contribution is -2.18. The number of ether oxygens (including phenoxy) is 1. The highest BCUT2D eigenvalue weighted by Gasteiger charge is 1.96. The summed E-state index contributed by atoms with van der Waals surface area (Å²) in [6.45, 7) is 4.39. The number of hydrogen-bond acceptors (Lipinski definition) is 4. The van der Waals surface area contributed by atoms with Gasteiger partial charge in [0.25, 0.3) is 0 Å². The average molecular weight is 188 g/mol. The Hall–Kier alpha value is -1.26. The second-order valence-electron chi connectivity index (χ2n) is 2.30. The van der Waals surface area contributed by atoms with Gasteiger partial charge in [-0.1, -0.05) is 5.16 Å². The van der Waals surface area contributed by atoms with Gasteiger partial charge in [0, 0.05) is 14.0 Å². The molecule has 0 aliphatic heterocycles. The maximum Gasteiger partial charge on any atom is 0.223 e. The molecule has 0 rings (SSSR count). The summed E-state index contributed by atoms with van der Waals surface area (Å²) < 4.78 is 5.00. The zero-order valence-corrected chi connectivity index (χ0v) is 8.29. The molecule has 0 bridgehead atoms. The molecule has 13 heavy (non-hydrogen) atoms. The van der Waals surface area contributed by atoms with Crippen LogP contribution in [0.25, 0.3) is 0 Å². The van der Waals surface area contributed by atoms with E-state index in [1.54, 1.807) is 14.0 Å². The molecule has 0 aromatic carbocycles. The Labute approximate surface area is 78.1 Å². The summed E-state index contributed by atoms with van der Waals surface area (Å²) in [7, 11) is 1.58. The first-order chi connectivity index (χ1) is 6.20. The summed E-state index contributed by atoms with van der Waals surface area (Å²) in [6, 6.07) is 0. The molecule has 0 heterocycles. The molecule has 0 saturated carbocycles. The molecule has 5 heteroatoms. The topological polar surface area (TPSA) is 59.9 Å². The Balaban J connectivity index is 3.43. The number of carbonyl (C=O) groups excluding carboxylic acids is 1. The van der Waals surface area contributed by atoms with Gasteiger partial charge in [0.05, 0.1) is 13.0 Å². The van der Waals surface area contributed by atoms with Gasteiger partial charge in [-0.2, -0.15) is 0 Å². The Morgan fingerprint density at radius 3 is 2.77 bits per heavy atom. The number of hydrogen-bond donors (Lipinski definition) is 1. The van der Waals surface area contributed by atoms with Crippen molar-refractivity contribution in [2.75, 3.05) is 20.3 Å². The van der Waals surface area contributed by atoms with Crippen molar-refractivity contribution in [1.29, 1.82) is 0 Å². The fourth-order valence-corrected chi connectivity index (χ4v) is 0.635. The van der Waals surface area contributed by atoms with Crippen molar-refractivity contribution < 1.29 is 14.4 Å². The number of carbonyl (C=O) groups is 1. The van der Waals surface area contributed by atoms with Crippen LogP contribution < -0.4 is 5.32 Å². The molecule has 0 aliphatic rings. The molecule has 1 amide bonds. The van der Waals surface area contributed by atoms with Crippen molar-refractivity contribution >= 4 is 11.8 Å². The Morgan fingerprint density at radius 2 is 2.23 bits per heavy atom. The van der Waals surface area contributed by atoms with Crippen LogP contribution in [0.4, 0.5) is 0 Å². The van der Waals surface area contributed by atoms with Gasteiger partial charge in [-0.3, -0.25) is 4.79 Å². The number of nitrogens with zero attached hydrogens (tertiary/aromatic N) is 1. The van der Waals surface area contributed by atoms with Gasteiger partial charge >= 0.3 is 0 Å². The first-order valence-corrected chi connectivity index (χ1v) is 4.20. The van der Waals surface area contributed by atoms with E-state index in [0.717, 1.165) is 0 Å². The highest BCUT2D eigenvalue weighted by Crippen LogP contribution is 1.87. The van der Waals surface area contributed by atoms with Crippen molar-refractivity contribution in [1.82, 2.24) is 5.32 Å². The van der Waals surface area contributed by atoms with Crippen LogP contribution in [0.1, 0.15) is 20.3 Å². The third kappa shape index (κ3) is 7.11. The number of oxime groups is 1. The Morgan fingerprint density at radius 1 is 1.54 bits per heavy atom.